The molecule has 1 aromatic rings. The highest BCUT2D eigenvalue weighted by Gasteiger charge is 2.26. The van der Waals surface area contributed by atoms with Gasteiger partial charge in [-0.15, -0.1) is 11.3 Å². The number of halogens is 1. The van der Waals surface area contributed by atoms with Crippen LogP contribution in [0.15, 0.2) is 15.9 Å². The van der Waals surface area contributed by atoms with Crippen molar-refractivity contribution in [2.24, 2.45) is 5.73 Å². The minimum Gasteiger partial charge on any atom is -0.365 e. The molecule has 0 aliphatic rings. The van der Waals surface area contributed by atoms with Crippen molar-refractivity contribution < 1.29 is 4.74 Å². The van der Waals surface area contributed by atoms with Gasteiger partial charge in [-0.25, -0.2) is 0 Å². The van der Waals surface area contributed by atoms with E-state index in [9.17, 15) is 0 Å². The molecular formula is C12H20BrNOS. The molecule has 0 aliphatic heterocycles. The highest BCUT2D eigenvalue weighted by molar-refractivity contribution is 9.11. The monoisotopic (exact) mass is 305 g/mol. The van der Waals surface area contributed by atoms with Crippen molar-refractivity contribution in [3.63, 3.8) is 0 Å². The van der Waals surface area contributed by atoms with Crippen molar-refractivity contribution in [3.05, 3.63) is 20.8 Å². The number of rotatable bonds is 5. The van der Waals surface area contributed by atoms with E-state index < -0.39 is 0 Å². The molecule has 1 aromatic heterocycles. The molecular weight excluding hydrogens is 286 g/mol. The Bertz CT molecular complexity index is 336. The molecule has 0 aliphatic carbocycles. The Morgan fingerprint density at radius 2 is 2.12 bits per heavy atom. The predicted octanol–water partition coefficient (Wildman–Crippen LogP) is 4.10. The van der Waals surface area contributed by atoms with E-state index >= 15 is 0 Å². The fraction of sp³-hybridized carbons (Fsp3) is 0.667. The summed E-state index contributed by atoms with van der Waals surface area (Å²) in [4.78, 5) is 1.18. The van der Waals surface area contributed by atoms with Crippen molar-refractivity contribution >= 4 is 27.3 Å². The summed E-state index contributed by atoms with van der Waals surface area (Å²) in [5.74, 6) is 0. The van der Waals surface area contributed by atoms with Gasteiger partial charge in [0, 0.05) is 10.9 Å². The summed E-state index contributed by atoms with van der Waals surface area (Å²) < 4.78 is 7.23. The van der Waals surface area contributed by atoms with Gasteiger partial charge < -0.3 is 10.5 Å². The second kappa shape index (κ2) is 5.63. The minimum atomic E-state index is -0.130. The van der Waals surface area contributed by atoms with Crippen LogP contribution in [0.5, 0.6) is 0 Å². The summed E-state index contributed by atoms with van der Waals surface area (Å²) >= 11 is 5.16. The quantitative estimate of drug-likeness (QED) is 0.888. The molecule has 1 rings (SSSR count). The van der Waals surface area contributed by atoms with Crippen LogP contribution in [0.2, 0.25) is 0 Å². The van der Waals surface area contributed by atoms with Crippen molar-refractivity contribution in [3.8, 4) is 0 Å². The molecule has 92 valence electrons. The molecule has 0 amide bonds. The number of ether oxygens (including phenoxy) is 1. The standard InChI is InChI=1S/C12H20BrNOS/c1-5-12(3,4)15-11(8(2)14)9-6-7-10(13)16-9/h6-8,11H,5,14H2,1-4H3. The average Bonchev–Trinajstić information content (AvgIpc) is 2.61. The maximum atomic E-state index is 6.11. The second-order valence-electron chi connectivity index (χ2n) is 4.65. The Hall–Kier alpha value is 0.1000. The van der Waals surface area contributed by atoms with Crippen LogP contribution in [-0.4, -0.2) is 11.6 Å². The van der Waals surface area contributed by atoms with Crippen molar-refractivity contribution in [1.29, 1.82) is 0 Å². The van der Waals surface area contributed by atoms with Crippen LogP contribution >= 0.6 is 27.3 Å². The highest BCUT2D eigenvalue weighted by Crippen LogP contribution is 2.34. The van der Waals surface area contributed by atoms with E-state index in [-0.39, 0.29) is 17.7 Å². The van der Waals surface area contributed by atoms with Gasteiger partial charge >= 0.3 is 0 Å². The average molecular weight is 306 g/mol. The van der Waals surface area contributed by atoms with Crippen LogP contribution in [-0.2, 0) is 4.74 Å². The Labute approximate surface area is 110 Å². The summed E-state index contributed by atoms with van der Waals surface area (Å²) in [5, 5.41) is 0. The first-order chi connectivity index (χ1) is 7.35. The largest absolute Gasteiger partial charge is 0.365 e. The van der Waals surface area contributed by atoms with Crippen molar-refractivity contribution in [2.75, 3.05) is 0 Å². The van der Waals surface area contributed by atoms with Gasteiger partial charge in [-0.05, 0) is 55.3 Å². The van der Waals surface area contributed by atoms with Gasteiger partial charge in [-0.1, -0.05) is 6.92 Å². The summed E-state index contributed by atoms with van der Waals surface area (Å²) in [6.45, 7) is 8.32. The molecule has 0 fully saturated rings. The lowest BCUT2D eigenvalue weighted by molar-refractivity contribution is -0.0818. The van der Waals surface area contributed by atoms with Gasteiger partial charge in [0.15, 0.2) is 0 Å². The van der Waals surface area contributed by atoms with E-state index in [4.69, 9.17) is 10.5 Å². The Morgan fingerprint density at radius 3 is 2.50 bits per heavy atom. The molecule has 0 radical (unpaired) electrons. The third kappa shape index (κ3) is 3.84. The van der Waals surface area contributed by atoms with Gasteiger partial charge in [0.05, 0.1) is 9.39 Å². The highest BCUT2D eigenvalue weighted by atomic mass is 79.9. The first kappa shape index (κ1) is 14.2. The number of nitrogens with two attached hydrogens (primary N) is 1. The molecule has 16 heavy (non-hydrogen) atoms. The summed E-state index contributed by atoms with van der Waals surface area (Å²) in [7, 11) is 0. The zero-order valence-corrected chi connectivity index (χ0v) is 12.7. The van der Waals surface area contributed by atoms with Gasteiger partial charge in [-0.3, -0.25) is 0 Å². The topological polar surface area (TPSA) is 35.2 Å². The summed E-state index contributed by atoms with van der Waals surface area (Å²) in [5.41, 5.74) is 5.88. The summed E-state index contributed by atoms with van der Waals surface area (Å²) in [6, 6.07) is 4.11. The van der Waals surface area contributed by atoms with E-state index in [1.807, 2.05) is 13.0 Å². The molecule has 1 heterocycles. The van der Waals surface area contributed by atoms with Gasteiger partial charge in [0.25, 0.3) is 0 Å². The third-order valence-electron chi connectivity index (χ3n) is 2.65. The summed E-state index contributed by atoms with van der Waals surface area (Å²) in [6.07, 6.45) is 0.953. The first-order valence-electron chi connectivity index (χ1n) is 5.54. The minimum absolute atomic E-state index is 0.00336. The number of hydrogen-bond acceptors (Lipinski definition) is 3. The van der Waals surface area contributed by atoms with Crippen molar-refractivity contribution in [1.82, 2.24) is 0 Å². The lowest BCUT2D eigenvalue weighted by atomic mass is 10.0. The molecule has 4 heteroatoms. The van der Waals surface area contributed by atoms with Gasteiger partial charge in [-0.2, -0.15) is 0 Å². The molecule has 2 unspecified atom stereocenters. The third-order valence-corrected chi connectivity index (χ3v) is 4.33. The zero-order valence-electron chi connectivity index (χ0n) is 10.3. The van der Waals surface area contributed by atoms with E-state index in [1.165, 1.54) is 4.88 Å². The second-order valence-corrected chi connectivity index (χ2v) is 7.15. The van der Waals surface area contributed by atoms with E-state index in [1.54, 1.807) is 11.3 Å². The van der Waals surface area contributed by atoms with Crippen LogP contribution in [0, 0.1) is 0 Å². The van der Waals surface area contributed by atoms with E-state index in [0.29, 0.717) is 0 Å². The molecule has 2 atom stereocenters. The molecule has 0 spiro atoms. The maximum absolute atomic E-state index is 6.11. The van der Waals surface area contributed by atoms with Crippen LogP contribution in [0.1, 0.15) is 45.1 Å². The lowest BCUT2D eigenvalue weighted by Crippen LogP contribution is -2.34. The van der Waals surface area contributed by atoms with Crippen LogP contribution in [0.3, 0.4) is 0 Å². The molecule has 0 saturated carbocycles. The van der Waals surface area contributed by atoms with Crippen LogP contribution in [0.25, 0.3) is 0 Å². The van der Waals surface area contributed by atoms with Crippen molar-refractivity contribution in [2.45, 2.75) is 51.9 Å². The van der Waals surface area contributed by atoms with Crippen LogP contribution < -0.4 is 5.73 Å². The van der Waals surface area contributed by atoms with Crippen LogP contribution in [0.4, 0.5) is 0 Å². The Balaban J connectivity index is 2.84. The normalized spacial score (nSPS) is 16.1. The molecule has 2 nitrogen and oxygen atoms in total. The molecule has 2 N–H and O–H groups in total. The van der Waals surface area contributed by atoms with E-state index in [2.05, 4.69) is 42.8 Å². The first-order valence-corrected chi connectivity index (χ1v) is 7.15. The van der Waals surface area contributed by atoms with Gasteiger partial charge in [0.1, 0.15) is 6.10 Å². The van der Waals surface area contributed by atoms with Gasteiger partial charge in [0.2, 0.25) is 0 Å². The fourth-order valence-corrected chi connectivity index (χ4v) is 2.90. The predicted molar refractivity (Wildman–Crippen MR) is 73.9 cm³/mol. The zero-order chi connectivity index (χ0) is 12.3. The Morgan fingerprint density at radius 1 is 1.50 bits per heavy atom. The number of hydrogen-bond donors (Lipinski definition) is 1. The molecule has 0 bridgehead atoms. The Kier molecular flexibility index (Phi) is 4.98. The van der Waals surface area contributed by atoms with E-state index in [0.717, 1.165) is 10.2 Å². The number of thiophene rings is 1. The fourth-order valence-electron chi connectivity index (χ4n) is 1.33. The maximum Gasteiger partial charge on any atom is 0.107 e. The lowest BCUT2D eigenvalue weighted by Gasteiger charge is -2.31. The molecule has 0 saturated heterocycles. The SMILES string of the molecule is CCC(C)(C)OC(c1ccc(Br)s1)C(C)N. The smallest absolute Gasteiger partial charge is 0.107 e. The molecule has 0 aromatic carbocycles.